The first-order chi connectivity index (χ1) is 10.2. The second-order valence-electron chi connectivity index (χ2n) is 4.34. The van der Waals surface area contributed by atoms with Crippen LogP contribution in [0.25, 0.3) is 0 Å². The van der Waals surface area contributed by atoms with E-state index in [-0.39, 0.29) is 18.3 Å². The van der Waals surface area contributed by atoms with Crippen molar-refractivity contribution in [3.8, 4) is 5.75 Å². The first-order valence-electron chi connectivity index (χ1n) is 6.59. The van der Waals surface area contributed by atoms with E-state index in [1.807, 2.05) is 24.3 Å². The monoisotopic (exact) mass is 404 g/mol. The predicted molar refractivity (Wildman–Crippen MR) is 97.6 cm³/mol. The highest BCUT2D eigenvalue weighted by Crippen LogP contribution is 2.34. The van der Waals surface area contributed by atoms with Crippen molar-refractivity contribution in [3.63, 3.8) is 0 Å². The number of hydrogen-bond donors (Lipinski definition) is 2. The third-order valence-electron chi connectivity index (χ3n) is 2.93. The van der Waals surface area contributed by atoms with E-state index in [2.05, 4.69) is 33.5 Å². The van der Waals surface area contributed by atoms with Crippen molar-refractivity contribution in [1.82, 2.24) is 5.32 Å². The number of para-hydroxylation sites is 1. The fourth-order valence-electron chi connectivity index (χ4n) is 1.84. The third-order valence-corrected chi connectivity index (χ3v) is 4.71. The number of ether oxygens (including phenoxy) is 1. The van der Waals surface area contributed by atoms with Gasteiger partial charge in [0.1, 0.15) is 9.54 Å². The SMILES string of the molecule is CCNCc1ccccc1NC(=O)c1cc(OC)c(Br)s1.Cl. The Morgan fingerprint density at radius 1 is 1.36 bits per heavy atom. The van der Waals surface area contributed by atoms with Gasteiger partial charge in [-0.1, -0.05) is 25.1 Å². The van der Waals surface area contributed by atoms with Crippen molar-refractivity contribution in [2.24, 2.45) is 0 Å². The van der Waals surface area contributed by atoms with E-state index < -0.39 is 0 Å². The molecule has 22 heavy (non-hydrogen) atoms. The summed E-state index contributed by atoms with van der Waals surface area (Å²) in [5, 5.41) is 6.22. The molecular weight excluding hydrogens is 388 g/mol. The highest BCUT2D eigenvalue weighted by molar-refractivity contribution is 9.11. The summed E-state index contributed by atoms with van der Waals surface area (Å²) < 4.78 is 5.99. The number of methoxy groups -OCH3 is 1. The average molecular weight is 406 g/mol. The van der Waals surface area contributed by atoms with Crippen molar-refractivity contribution < 1.29 is 9.53 Å². The first kappa shape index (κ1) is 19.0. The molecule has 0 saturated heterocycles. The summed E-state index contributed by atoms with van der Waals surface area (Å²) in [5.41, 5.74) is 1.89. The zero-order chi connectivity index (χ0) is 15.2. The summed E-state index contributed by atoms with van der Waals surface area (Å²) in [5.74, 6) is 0.541. The minimum absolute atomic E-state index is 0. The lowest BCUT2D eigenvalue weighted by Crippen LogP contribution is -2.16. The Labute approximate surface area is 148 Å². The Bertz CT molecular complexity index is 634. The summed E-state index contributed by atoms with van der Waals surface area (Å²) in [6.45, 7) is 3.67. The summed E-state index contributed by atoms with van der Waals surface area (Å²) in [6.07, 6.45) is 0. The number of benzene rings is 1. The highest BCUT2D eigenvalue weighted by atomic mass is 79.9. The summed E-state index contributed by atoms with van der Waals surface area (Å²) in [7, 11) is 1.58. The molecule has 2 N–H and O–H groups in total. The molecule has 0 aliphatic rings. The average Bonchev–Trinajstić information content (AvgIpc) is 2.87. The zero-order valence-corrected chi connectivity index (χ0v) is 15.5. The molecule has 0 fully saturated rings. The molecule has 0 saturated carbocycles. The molecule has 1 aromatic heterocycles. The standard InChI is InChI=1S/C15H17BrN2O2S.ClH/c1-3-17-9-10-6-4-5-7-11(10)18-15(19)13-8-12(20-2)14(16)21-13;/h4-8,17H,3,9H2,1-2H3,(H,18,19);1H. The van der Waals surface area contributed by atoms with Gasteiger partial charge in [0.05, 0.1) is 12.0 Å². The predicted octanol–water partition coefficient (Wildman–Crippen LogP) is 4.30. The van der Waals surface area contributed by atoms with Crippen LogP contribution in [0.3, 0.4) is 0 Å². The smallest absolute Gasteiger partial charge is 0.265 e. The molecule has 0 unspecified atom stereocenters. The molecular formula is C15H18BrClN2O2S. The topological polar surface area (TPSA) is 50.4 Å². The second-order valence-corrected chi connectivity index (χ2v) is 6.71. The lowest BCUT2D eigenvalue weighted by molar-refractivity contribution is 0.103. The van der Waals surface area contributed by atoms with Crippen molar-refractivity contribution in [2.75, 3.05) is 19.0 Å². The molecule has 2 rings (SSSR count). The molecule has 4 nitrogen and oxygen atoms in total. The zero-order valence-electron chi connectivity index (χ0n) is 12.3. The number of nitrogens with one attached hydrogen (secondary N) is 2. The normalized spacial score (nSPS) is 9.95. The van der Waals surface area contributed by atoms with Gasteiger partial charge < -0.3 is 15.4 Å². The van der Waals surface area contributed by atoms with Crippen LogP contribution in [-0.4, -0.2) is 19.6 Å². The first-order valence-corrected chi connectivity index (χ1v) is 8.20. The summed E-state index contributed by atoms with van der Waals surface area (Å²) in [4.78, 5) is 12.9. The molecule has 0 aliphatic carbocycles. The number of carbonyl (C=O) groups excluding carboxylic acids is 1. The number of amides is 1. The molecule has 1 heterocycles. The van der Waals surface area contributed by atoms with Gasteiger partial charge >= 0.3 is 0 Å². The maximum Gasteiger partial charge on any atom is 0.265 e. The van der Waals surface area contributed by atoms with E-state index >= 15 is 0 Å². The van der Waals surface area contributed by atoms with Gasteiger partial charge in [-0.05, 0) is 34.1 Å². The van der Waals surface area contributed by atoms with Gasteiger partial charge in [0, 0.05) is 18.3 Å². The van der Waals surface area contributed by atoms with Crippen molar-refractivity contribution in [3.05, 3.63) is 44.6 Å². The largest absolute Gasteiger partial charge is 0.495 e. The van der Waals surface area contributed by atoms with Gasteiger partial charge in [0.25, 0.3) is 5.91 Å². The molecule has 2 aromatic rings. The third kappa shape index (κ3) is 4.71. The molecule has 0 atom stereocenters. The van der Waals surface area contributed by atoms with Crippen LogP contribution < -0.4 is 15.4 Å². The van der Waals surface area contributed by atoms with E-state index in [9.17, 15) is 4.79 Å². The lowest BCUT2D eigenvalue weighted by Gasteiger charge is -2.10. The number of rotatable bonds is 6. The van der Waals surface area contributed by atoms with Crippen molar-refractivity contribution >= 4 is 51.3 Å². The minimum Gasteiger partial charge on any atom is -0.495 e. The molecule has 0 bridgehead atoms. The second kappa shape index (κ2) is 9.15. The Kier molecular flexibility index (Phi) is 7.89. The van der Waals surface area contributed by atoms with E-state index in [1.54, 1.807) is 13.2 Å². The maximum atomic E-state index is 12.3. The van der Waals surface area contributed by atoms with Crippen LogP contribution in [0.2, 0.25) is 0 Å². The van der Waals surface area contributed by atoms with Crippen LogP contribution in [0.15, 0.2) is 34.1 Å². The van der Waals surface area contributed by atoms with Crippen molar-refractivity contribution in [1.29, 1.82) is 0 Å². The van der Waals surface area contributed by atoms with E-state index in [4.69, 9.17) is 4.74 Å². The van der Waals surface area contributed by atoms with E-state index in [0.29, 0.717) is 10.6 Å². The quantitative estimate of drug-likeness (QED) is 0.753. The van der Waals surface area contributed by atoms with E-state index in [0.717, 1.165) is 28.1 Å². The number of anilines is 1. The number of thiophene rings is 1. The molecule has 120 valence electrons. The van der Waals surface area contributed by atoms with Crippen LogP contribution >= 0.6 is 39.7 Å². The number of halogens is 2. The summed E-state index contributed by atoms with van der Waals surface area (Å²) in [6, 6.07) is 9.52. The van der Waals surface area contributed by atoms with Crippen LogP contribution in [0.1, 0.15) is 22.2 Å². The molecule has 0 aliphatic heterocycles. The fourth-order valence-corrected chi connectivity index (χ4v) is 3.39. The van der Waals surface area contributed by atoms with E-state index in [1.165, 1.54) is 11.3 Å². The Balaban J connectivity index is 0.00000242. The van der Waals surface area contributed by atoms with Gasteiger partial charge in [0.15, 0.2) is 0 Å². The van der Waals surface area contributed by atoms with Crippen molar-refractivity contribution in [2.45, 2.75) is 13.5 Å². The Hall–Kier alpha value is -1.08. The lowest BCUT2D eigenvalue weighted by atomic mass is 10.1. The van der Waals surface area contributed by atoms with Crippen LogP contribution in [0, 0.1) is 0 Å². The molecule has 0 radical (unpaired) electrons. The van der Waals surface area contributed by atoms with Gasteiger partial charge in [-0.15, -0.1) is 23.7 Å². The molecule has 1 amide bonds. The van der Waals surface area contributed by atoms with Gasteiger partial charge in [-0.25, -0.2) is 0 Å². The molecule has 7 heteroatoms. The maximum absolute atomic E-state index is 12.3. The summed E-state index contributed by atoms with van der Waals surface area (Å²) >= 11 is 4.74. The van der Waals surface area contributed by atoms with Gasteiger partial charge in [-0.2, -0.15) is 0 Å². The van der Waals surface area contributed by atoms with Gasteiger partial charge in [0.2, 0.25) is 0 Å². The van der Waals surface area contributed by atoms with Crippen LogP contribution in [-0.2, 0) is 6.54 Å². The Morgan fingerprint density at radius 2 is 2.09 bits per heavy atom. The molecule has 1 aromatic carbocycles. The fraction of sp³-hybridized carbons (Fsp3) is 0.267. The number of carbonyl (C=O) groups is 1. The van der Waals surface area contributed by atoms with Crippen LogP contribution in [0.5, 0.6) is 5.75 Å². The Morgan fingerprint density at radius 3 is 2.73 bits per heavy atom. The van der Waals surface area contributed by atoms with Crippen LogP contribution in [0.4, 0.5) is 5.69 Å². The highest BCUT2D eigenvalue weighted by Gasteiger charge is 2.15. The number of hydrogen-bond acceptors (Lipinski definition) is 4. The minimum atomic E-state index is -0.132. The molecule has 0 spiro atoms. The van der Waals surface area contributed by atoms with Gasteiger partial charge in [-0.3, -0.25) is 4.79 Å².